The minimum Gasteiger partial charge on any atom is -0.393 e. The summed E-state index contributed by atoms with van der Waals surface area (Å²) in [6.07, 6.45) is 5.65. The van der Waals surface area contributed by atoms with E-state index in [2.05, 4.69) is 0 Å². The van der Waals surface area contributed by atoms with Gasteiger partial charge in [0, 0.05) is 11.3 Å². The largest absolute Gasteiger partial charge is 0.393 e. The Morgan fingerprint density at radius 1 is 1.13 bits per heavy atom. The summed E-state index contributed by atoms with van der Waals surface area (Å²) in [6.45, 7) is 5.92. The zero-order valence-corrected chi connectivity index (χ0v) is 10.3. The summed E-state index contributed by atoms with van der Waals surface area (Å²) < 4.78 is 0. The molecule has 2 atom stereocenters. The number of carbonyl (C=O) groups is 1. The molecule has 0 aliphatic heterocycles. The van der Waals surface area contributed by atoms with Crippen molar-refractivity contribution in [3.8, 4) is 0 Å². The number of carbonyl (C=O) groups excluding carboxylic acids is 1. The maximum absolute atomic E-state index is 12.1. The predicted molar refractivity (Wildman–Crippen MR) is 61.7 cm³/mol. The van der Waals surface area contributed by atoms with Crippen molar-refractivity contribution in [2.24, 2.45) is 11.3 Å². The molecule has 1 N–H and O–H groups in total. The van der Waals surface area contributed by atoms with Gasteiger partial charge in [0.05, 0.1) is 6.10 Å². The molecule has 1 aliphatic rings. The first kappa shape index (κ1) is 12.7. The summed E-state index contributed by atoms with van der Waals surface area (Å²) in [5.41, 5.74) is -0.260. The lowest BCUT2D eigenvalue weighted by atomic mass is 9.77. The molecule has 2 unspecified atom stereocenters. The highest BCUT2D eigenvalue weighted by Gasteiger charge is 2.31. The van der Waals surface area contributed by atoms with Gasteiger partial charge in [-0.05, 0) is 19.3 Å². The van der Waals surface area contributed by atoms with Crippen LogP contribution in [0.15, 0.2) is 0 Å². The standard InChI is InChI=1S/C13H24O2/c1-13(2,3)12(15)10-7-5-4-6-8-11(14)9-10/h10-11,14H,4-9H2,1-3H3. The third-order valence-electron chi connectivity index (χ3n) is 3.26. The van der Waals surface area contributed by atoms with E-state index < -0.39 is 0 Å². The van der Waals surface area contributed by atoms with Crippen molar-refractivity contribution in [3.63, 3.8) is 0 Å². The van der Waals surface area contributed by atoms with Gasteiger partial charge >= 0.3 is 0 Å². The predicted octanol–water partition coefficient (Wildman–Crippen LogP) is 2.93. The van der Waals surface area contributed by atoms with Crippen LogP contribution in [0.4, 0.5) is 0 Å². The van der Waals surface area contributed by atoms with Crippen LogP contribution < -0.4 is 0 Å². The monoisotopic (exact) mass is 212 g/mol. The van der Waals surface area contributed by atoms with Crippen LogP contribution in [-0.4, -0.2) is 17.0 Å². The fraction of sp³-hybridized carbons (Fsp3) is 0.923. The first-order valence-corrected chi connectivity index (χ1v) is 6.13. The lowest BCUT2D eigenvalue weighted by Crippen LogP contribution is -2.31. The van der Waals surface area contributed by atoms with Crippen molar-refractivity contribution < 1.29 is 9.90 Å². The minimum absolute atomic E-state index is 0.0836. The number of aliphatic hydroxyl groups excluding tert-OH is 1. The van der Waals surface area contributed by atoms with E-state index in [9.17, 15) is 9.90 Å². The molecule has 2 heteroatoms. The number of ketones is 1. The van der Waals surface area contributed by atoms with Gasteiger partial charge in [-0.25, -0.2) is 0 Å². The van der Waals surface area contributed by atoms with Gasteiger partial charge in [0.15, 0.2) is 0 Å². The van der Waals surface area contributed by atoms with Gasteiger partial charge in [-0.3, -0.25) is 4.79 Å². The first-order valence-electron chi connectivity index (χ1n) is 6.13. The van der Waals surface area contributed by atoms with E-state index in [0.29, 0.717) is 12.2 Å². The number of Topliss-reactive ketones (excluding diaryl/α,β-unsaturated/α-hetero) is 1. The average Bonchev–Trinajstić information content (AvgIpc) is 2.08. The van der Waals surface area contributed by atoms with E-state index in [1.165, 1.54) is 0 Å². The van der Waals surface area contributed by atoms with Crippen LogP contribution in [0.2, 0.25) is 0 Å². The minimum atomic E-state index is -0.262. The highest BCUT2D eigenvalue weighted by molar-refractivity contribution is 5.85. The highest BCUT2D eigenvalue weighted by Crippen LogP contribution is 2.29. The average molecular weight is 212 g/mol. The molecule has 1 rings (SSSR count). The molecule has 1 fully saturated rings. The quantitative estimate of drug-likeness (QED) is 0.725. The molecule has 0 amide bonds. The molecule has 2 nitrogen and oxygen atoms in total. The van der Waals surface area contributed by atoms with Gasteiger partial charge in [-0.1, -0.05) is 40.0 Å². The van der Waals surface area contributed by atoms with E-state index in [1.54, 1.807) is 0 Å². The Balaban J connectivity index is 2.61. The van der Waals surface area contributed by atoms with E-state index in [-0.39, 0.29) is 17.4 Å². The molecular weight excluding hydrogens is 188 g/mol. The molecule has 0 aromatic carbocycles. The lowest BCUT2D eigenvalue weighted by Gasteiger charge is -2.28. The van der Waals surface area contributed by atoms with Crippen molar-refractivity contribution >= 4 is 5.78 Å². The second-order valence-corrected chi connectivity index (χ2v) is 5.84. The van der Waals surface area contributed by atoms with Crippen LogP contribution in [0.5, 0.6) is 0 Å². The molecule has 88 valence electrons. The summed E-state index contributed by atoms with van der Waals surface area (Å²) in [5.74, 6) is 0.406. The first-order chi connectivity index (χ1) is 6.91. The SMILES string of the molecule is CC(C)(C)C(=O)C1CCCCCC(O)C1. The molecule has 0 aromatic rings. The molecular formula is C13H24O2. The van der Waals surface area contributed by atoms with E-state index >= 15 is 0 Å². The molecule has 0 saturated heterocycles. The van der Waals surface area contributed by atoms with Crippen LogP contribution in [-0.2, 0) is 4.79 Å². The summed E-state index contributed by atoms with van der Waals surface area (Å²) >= 11 is 0. The third kappa shape index (κ3) is 3.94. The zero-order chi connectivity index (χ0) is 11.5. The Labute approximate surface area is 93.1 Å². The Morgan fingerprint density at radius 3 is 2.33 bits per heavy atom. The normalized spacial score (nSPS) is 29.3. The molecule has 1 saturated carbocycles. The van der Waals surface area contributed by atoms with E-state index in [4.69, 9.17) is 0 Å². The van der Waals surface area contributed by atoms with Gasteiger partial charge < -0.3 is 5.11 Å². The van der Waals surface area contributed by atoms with Crippen LogP contribution in [0, 0.1) is 11.3 Å². The molecule has 0 bridgehead atoms. The summed E-state index contributed by atoms with van der Waals surface area (Å²) in [6, 6.07) is 0. The summed E-state index contributed by atoms with van der Waals surface area (Å²) in [4.78, 5) is 12.1. The van der Waals surface area contributed by atoms with Crippen LogP contribution in [0.1, 0.15) is 59.3 Å². The van der Waals surface area contributed by atoms with Gasteiger partial charge in [-0.2, -0.15) is 0 Å². The number of hydrogen-bond acceptors (Lipinski definition) is 2. The van der Waals surface area contributed by atoms with Crippen molar-refractivity contribution in [2.45, 2.75) is 65.4 Å². The third-order valence-corrected chi connectivity index (χ3v) is 3.26. The number of rotatable bonds is 1. The molecule has 0 heterocycles. The second-order valence-electron chi connectivity index (χ2n) is 5.84. The fourth-order valence-electron chi connectivity index (χ4n) is 2.36. The molecule has 0 aromatic heterocycles. The Bertz CT molecular complexity index is 215. The molecule has 0 spiro atoms. The second kappa shape index (κ2) is 5.11. The van der Waals surface area contributed by atoms with Crippen LogP contribution >= 0.6 is 0 Å². The zero-order valence-electron chi connectivity index (χ0n) is 10.3. The van der Waals surface area contributed by atoms with Crippen molar-refractivity contribution in [2.75, 3.05) is 0 Å². The Kier molecular flexibility index (Phi) is 4.32. The maximum atomic E-state index is 12.1. The topological polar surface area (TPSA) is 37.3 Å². The molecule has 1 aliphatic carbocycles. The Morgan fingerprint density at radius 2 is 1.73 bits per heavy atom. The van der Waals surface area contributed by atoms with Crippen molar-refractivity contribution in [1.82, 2.24) is 0 Å². The van der Waals surface area contributed by atoms with Gasteiger partial charge in [0.1, 0.15) is 5.78 Å². The van der Waals surface area contributed by atoms with Crippen molar-refractivity contribution in [3.05, 3.63) is 0 Å². The fourth-order valence-corrected chi connectivity index (χ4v) is 2.36. The van der Waals surface area contributed by atoms with E-state index in [0.717, 1.165) is 32.1 Å². The highest BCUT2D eigenvalue weighted by atomic mass is 16.3. The van der Waals surface area contributed by atoms with Gasteiger partial charge in [0.2, 0.25) is 0 Å². The van der Waals surface area contributed by atoms with E-state index in [1.807, 2.05) is 20.8 Å². The number of hydrogen-bond donors (Lipinski definition) is 1. The molecule has 0 radical (unpaired) electrons. The van der Waals surface area contributed by atoms with Crippen molar-refractivity contribution in [1.29, 1.82) is 0 Å². The van der Waals surface area contributed by atoms with Gasteiger partial charge in [-0.15, -0.1) is 0 Å². The Hall–Kier alpha value is -0.370. The van der Waals surface area contributed by atoms with Crippen LogP contribution in [0.3, 0.4) is 0 Å². The summed E-state index contributed by atoms with van der Waals surface area (Å²) in [5, 5.41) is 9.75. The van der Waals surface area contributed by atoms with Gasteiger partial charge in [0.25, 0.3) is 0 Å². The number of aliphatic hydroxyl groups is 1. The lowest BCUT2D eigenvalue weighted by molar-refractivity contribution is -0.132. The molecule has 15 heavy (non-hydrogen) atoms. The smallest absolute Gasteiger partial charge is 0.141 e. The maximum Gasteiger partial charge on any atom is 0.141 e. The van der Waals surface area contributed by atoms with Crippen LogP contribution in [0.25, 0.3) is 0 Å². The summed E-state index contributed by atoms with van der Waals surface area (Å²) in [7, 11) is 0.